The maximum atomic E-state index is 12.0. The zero-order chi connectivity index (χ0) is 19.9. The van der Waals surface area contributed by atoms with Crippen molar-refractivity contribution < 1.29 is 9.53 Å². The van der Waals surface area contributed by atoms with Crippen molar-refractivity contribution in [1.29, 1.82) is 0 Å². The molecule has 0 unspecified atom stereocenters. The van der Waals surface area contributed by atoms with E-state index in [0.717, 1.165) is 15.7 Å². The number of rotatable bonds is 5. The maximum absolute atomic E-state index is 12.0. The van der Waals surface area contributed by atoms with Gasteiger partial charge < -0.3 is 15.4 Å². The molecule has 0 saturated heterocycles. The third-order valence-electron chi connectivity index (χ3n) is 3.18. The van der Waals surface area contributed by atoms with E-state index in [0.29, 0.717) is 0 Å². The molecule has 0 radical (unpaired) electrons. The van der Waals surface area contributed by atoms with Crippen LogP contribution in [0.2, 0.25) is 0 Å². The summed E-state index contributed by atoms with van der Waals surface area (Å²) >= 11 is 26.4. The minimum absolute atomic E-state index is 0.0842. The van der Waals surface area contributed by atoms with Crippen LogP contribution in [0.15, 0.2) is 59.1 Å². The van der Waals surface area contributed by atoms with Crippen LogP contribution in [-0.4, -0.2) is 21.2 Å². The monoisotopic (exact) mass is 509 g/mol. The summed E-state index contributed by atoms with van der Waals surface area (Å²) in [5.41, 5.74) is 1.56. The third kappa shape index (κ3) is 8.11. The molecule has 0 aliphatic heterocycles. The number of carbonyl (C=O) groups is 1. The summed E-state index contributed by atoms with van der Waals surface area (Å²) in [5, 5.41) is 8.30. The van der Waals surface area contributed by atoms with E-state index >= 15 is 0 Å². The van der Waals surface area contributed by atoms with Crippen LogP contribution in [0.4, 0.5) is 10.5 Å². The smallest absolute Gasteiger partial charge is 0.409 e. The topological polar surface area (TPSA) is 62.4 Å². The van der Waals surface area contributed by atoms with E-state index in [9.17, 15) is 4.79 Å². The van der Waals surface area contributed by atoms with Gasteiger partial charge in [0.15, 0.2) is 11.3 Å². The van der Waals surface area contributed by atoms with Crippen LogP contribution in [-0.2, 0) is 11.3 Å². The lowest BCUT2D eigenvalue weighted by Crippen LogP contribution is -2.56. The number of alkyl carbamates (subject to hydrolysis) is 1. The van der Waals surface area contributed by atoms with Crippen LogP contribution in [0.25, 0.3) is 0 Å². The van der Waals surface area contributed by atoms with Gasteiger partial charge in [-0.2, -0.15) is 0 Å². The Morgan fingerprint density at radius 3 is 2.30 bits per heavy atom. The number of ether oxygens (including phenoxy) is 1. The lowest BCUT2D eigenvalue weighted by atomic mass is 10.2. The van der Waals surface area contributed by atoms with Crippen molar-refractivity contribution in [3.63, 3.8) is 0 Å². The van der Waals surface area contributed by atoms with Gasteiger partial charge in [-0.25, -0.2) is 4.79 Å². The van der Waals surface area contributed by atoms with Crippen molar-refractivity contribution in [1.82, 2.24) is 10.6 Å². The number of hydrogen-bond acceptors (Lipinski definition) is 3. The molecule has 10 heteroatoms. The van der Waals surface area contributed by atoms with Gasteiger partial charge in [-0.05, 0) is 42.0 Å². The first-order valence-electron chi connectivity index (χ1n) is 7.61. The Labute approximate surface area is 185 Å². The first-order chi connectivity index (χ1) is 12.7. The maximum Gasteiger partial charge on any atom is 0.409 e. The molecule has 0 saturated carbocycles. The van der Waals surface area contributed by atoms with Crippen LogP contribution in [0.1, 0.15) is 5.56 Å². The zero-order valence-electron chi connectivity index (χ0n) is 13.7. The quantitative estimate of drug-likeness (QED) is 0.287. The van der Waals surface area contributed by atoms with Crippen LogP contribution in [0, 0.1) is 0 Å². The molecule has 0 spiro atoms. The summed E-state index contributed by atoms with van der Waals surface area (Å²) in [7, 11) is 0. The van der Waals surface area contributed by atoms with Crippen LogP contribution >= 0.6 is 63.0 Å². The van der Waals surface area contributed by atoms with Crippen LogP contribution in [0.5, 0.6) is 0 Å². The SMILES string of the molecule is O=C(N[C@@H](NC(=S)Nc1ccc(Br)cc1)C(Cl)(Cl)Cl)OCc1ccccc1. The van der Waals surface area contributed by atoms with Crippen molar-refractivity contribution in [2.45, 2.75) is 16.6 Å². The van der Waals surface area contributed by atoms with E-state index in [1.54, 1.807) is 0 Å². The highest BCUT2D eigenvalue weighted by Crippen LogP contribution is 2.29. The van der Waals surface area contributed by atoms with E-state index in [-0.39, 0.29) is 11.7 Å². The molecule has 0 fully saturated rings. The molecule has 2 aromatic carbocycles. The molecular weight excluding hydrogens is 497 g/mol. The summed E-state index contributed by atoms with van der Waals surface area (Å²) in [6.45, 7) is 0.0842. The fourth-order valence-electron chi connectivity index (χ4n) is 1.91. The lowest BCUT2D eigenvalue weighted by molar-refractivity contribution is 0.135. The largest absolute Gasteiger partial charge is 0.445 e. The highest BCUT2D eigenvalue weighted by Gasteiger charge is 2.35. The number of thiocarbonyl (C=S) groups is 1. The van der Waals surface area contributed by atoms with Gasteiger partial charge in [-0.15, -0.1) is 0 Å². The fourth-order valence-corrected chi connectivity index (χ4v) is 2.74. The number of amides is 1. The number of anilines is 1. The fraction of sp³-hybridized carbons (Fsp3) is 0.176. The van der Waals surface area contributed by atoms with E-state index in [2.05, 4.69) is 31.9 Å². The molecule has 27 heavy (non-hydrogen) atoms. The zero-order valence-corrected chi connectivity index (χ0v) is 18.4. The van der Waals surface area contributed by atoms with E-state index in [1.165, 1.54) is 0 Å². The second-order valence-electron chi connectivity index (χ2n) is 5.29. The molecule has 0 bridgehead atoms. The first kappa shape index (κ1) is 22.0. The van der Waals surface area contributed by atoms with Crippen molar-refractivity contribution in [3.8, 4) is 0 Å². The Hall–Kier alpha value is -1.25. The molecule has 1 atom stereocenters. The van der Waals surface area contributed by atoms with Gasteiger partial charge in [-0.1, -0.05) is 81.1 Å². The summed E-state index contributed by atoms with van der Waals surface area (Å²) in [6, 6.07) is 16.5. The average molecular weight is 512 g/mol. The average Bonchev–Trinajstić information content (AvgIpc) is 2.61. The molecule has 5 nitrogen and oxygen atoms in total. The molecule has 0 heterocycles. The minimum Gasteiger partial charge on any atom is -0.445 e. The van der Waals surface area contributed by atoms with Gasteiger partial charge in [0.2, 0.25) is 3.79 Å². The van der Waals surface area contributed by atoms with Crippen LogP contribution in [0.3, 0.4) is 0 Å². The molecule has 1 amide bonds. The summed E-state index contributed by atoms with van der Waals surface area (Å²) < 4.78 is 4.19. The second-order valence-corrected chi connectivity index (χ2v) is 8.98. The Bertz CT molecular complexity index is 773. The summed E-state index contributed by atoms with van der Waals surface area (Å²) in [4.78, 5) is 12.0. The molecule has 2 aromatic rings. The Balaban J connectivity index is 1.91. The Kier molecular flexibility index (Phi) is 8.44. The van der Waals surface area contributed by atoms with E-state index in [4.69, 9.17) is 51.8 Å². The highest BCUT2D eigenvalue weighted by molar-refractivity contribution is 9.10. The predicted molar refractivity (Wildman–Crippen MR) is 117 cm³/mol. The molecule has 0 aliphatic carbocycles. The summed E-state index contributed by atoms with van der Waals surface area (Å²) in [6.07, 6.45) is -1.87. The number of carbonyl (C=O) groups excluding carboxylic acids is 1. The number of halogens is 4. The molecular formula is C17H15BrCl3N3O2S. The molecule has 0 aromatic heterocycles. The standard InChI is InChI=1S/C17H15BrCl3N3O2S/c18-12-6-8-13(9-7-12)22-15(27)23-14(17(19,20)21)24-16(25)26-10-11-4-2-1-3-5-11/h1-9,14H,10H2,(H,24,25)(H2,22,23,27)/t14-/m1/s1. The van der Waals surface area contributed by atoms with Gasteiger partial charge in [0.05, 0.1) is 0 Å². The van der Waals surface area contributed by atoms with Gasteiger partial charge in [0.1, 0.15) is 6.61 Å². The van der Waals surface area contributed by atoms with Crippen molar-refractivity contribution >= 4 is 79.8 Å². The van der Waals surface area contributed by atoms with E-state index < -0.39 is 16.1 Å². The third-order valence-corrected chi connectivity index (χ3v) is 4.58. The predicted octanol–water partition coefficient (Wildman–Crippen LogP) is 5.36. The minimum atomic E-state index is -1.86. The number of benzene rings is 2. The molecule has 0 aliphatic rings. The number of nitrogens with one attached hydrogen (secondary N) is 3. The van der Waals surface area contributed by atoms with Crippen molar-refractivity contribution in [3.05, 3.63) is 64.6 Å². The van der Waals surface area contributed by atoms with E-state index in [1.807, 2.05) is 54.6 Å². The number of alkyl halides is 3. The summed E-state index contributed by atoms with van der Waals surface area (Å²) in [5.74, 6) is 0. The van der Waals surface area contributed by atoms with Crippen molar-refractivity contribution in [2.24, 2.45) is 0 Å². The van der Waals surface area contributed by atoms with Gasteiger partial charge in [0.25, 0.3) is 0 Å². The Morgan fingerprint density at radius 2 is 1.70 bits per heavy atom. The van der Waals surface area contributed by atoms with Crippen molar-refractivity contribution in [2.75, 3.05) is 5.32 Å². The molecule has 2 rings (SSSR count). The normalized spacial score (nSPS) is 12.0. The number of hydrogen-bond donors (Lipinski definition) is 3. The molecule has 3 N–H and O–H groups in total. The Morgan fingerprint density at radius 1 is 1.07 bits per heavy atom. The molecule has 144 valence electrons. The van der Waals surface area contributed by atoms with Gasteiger partial charge in [-0.3, -0.25) is 5.32 Å². The lowest BCUT2D eigenvalue weighted by Gasteiger charge is -2.27. The van der Waals surface area contributed by atoms with Crippen LogP contribution < -0.4 is 16.0 Å². The second kappa shape index (κ2) is 10.3. The van der Waals surface area contributed by atoms with Gasteiger partial charge >= 0.3 is 6.09 Å². The first-order valence-corrected chi connectivity index (χ1v) is 9.94. The highest BCUT2D eigenvalue weighted by atomic mass is 79.9. The van der Waals surface area contributed by atoms with Gasteiger partial charge in [0, 0.05) is 10.2 Å².